The van der Waals surface area contributed by atoms with Crippen LogP contribution in [0.1, 0.15) is 74.3 Å². The molecule has 1 heterocycles. The molecule has 0 amide bonds. The molecule has 31 heavy (non-hydrogen) atoms. The molecule has 7 nitrogen and oxygen atoms in total. The first-order valence-electron chi connectivity index (χ1n) is 11.7. The van der Waals surface area contributed by atoms with Crippen LogP contribution in [0.4, 0.5) is 5.69 Å². The summed E-state index contributed by atoms with van der Waals surface area (Å²) in [6, 6.07) is 5.55. The first-order chi connectivity index (χ1) is 14.9. The topological polar surface area (TPSA) is 111 Å². The summed E-state index contributed by atoms with van der Waals surface area (Å²) >= 11 is 0. The Kier molecular flexibility index (Phi) is 24.1. The predicted molar refractivity (Wildman–Crippen MR) is 130 cm³/mol. The van der Waals surface area contributed by atoms with Crippen molar-refractivity contribution >= 4 is 5.69 Å². The van der Waals surface area contributed by atoms with E-state index in [4.69, 9.17) is 9.47 Å². The minimum atomic E-state index is -1.45. The van der Waals surface area contributed by atoms with Gasteiger partial charge in [0.2, 0.25) is 6.29 Å². The molecule has 0 aliphatic carbocycles. The molecule has 1 aromatic rings. The molecular weight excluding hydrogens is 398 g/mol. The van der Waals surface area contributed by atoms with E-state index in [2.05, 4.69) is 19.2 Å². The van der Waals surface area contributed by atoms with Crippen molar-refractivity contribution in [2.45, 2.75) is 106 Å². The van der Waals surface area contributed by atoms with Crippen LogP contribution in [0.2, 0.25) is 0 Å². The third kappa shape index (κ3) is 11.7. The van der Waals surface area contributed by atoms with Crippen LogP contribution in [-0.4, -0.2) is 64.8 Å². The summed E-state index contributed by atoms with van der Waals surface area (Å²) in [6.45, 7) is 17.8. The monoisotopic (exact) mass is 447 g/mol. The van der Waals surface area contributed by atoms with Crippen LogP contribution in [0.5, 0.6) is 5.75 Å². The lowest BCUT2D eigenvalue weighted by molar-refractivity contribution is -0.277. The van der Waals surface area contributed by atoms with Crippen LogP contribution in [0.25, 0.3) is 0 Å². The van der Waals surface area contributed by atoms with E-state index in [-0.39, 0.29) is 0 Å². The average molecular weight is 448 g/mol. The van der Waals surface area contributed by atoms with Gasteiger partial charge in [0.25, 0.3) is 0 Å². The van der Waals surface area contributed by atoms with E-state index in [1.54, 1.807) is 13.1 Å². The number of nitrogens with one attached hydrogen (secondary N) is 1. The summed E-state index contributed by atoms with van der Waals surface area (Å²) in [5.41, 5.74) is 1.84. The van der Waals surface area contributed by atoms with Crippen molar-refractivity contribution in [3.63, 3.8) is 0 Å². The molecule has 1 aliphatic rings. The highest BCUT2D eigenvalue weighted by atomic mass is 16.7. The standard InChI is InChI=1S/C15H23NO6.C3H8.3C2H6/c1-3-8-4-5-10(9(6-8)16-2)21-15-14(20)13(19)12(18)11(7-17)22-15;1-3-2;3*1-2/h4-6,11-20H,3,7H2,1-2H3;3H2,1-2H3;3*1-2H3. The van der Waals surface area contributed by atoms with Crippen molar-refractivity contribution in [2.24, 2.45) is 0 Å². The Hall–Kier alpha value is -1.38. The number of aliphatic hydroxyl groups is 4. The van der Waals surface area contributed by atoms with Gasteiger partial charge in [0, 0.05) is 7.05 Å². The number of anilines is 1. The van der Waals surface area contributed by atoms with Gasteiger partial charge in [0.1, 0.15) is 30.2 Å². The summed E-state index contributed by atoms with van der Waals surface area (Å²) < 4.78 is 11.0. The molecule has 5 N–H and O–H groups in total. The van der Waals surface area contributed by atoms with E-state index in [1.165, 1.54) is 6.42 Å². The summed E-state index contributed by atoms with van der Waals surface area (Å²) in [5.74, 6) is 0.448. The van der Waals surface area contributed by atoms with Crippen LogP contribution < -0.4 is 10.1 Å². The zero-order chi connectivity index (χ0) is 25.0. The molecule has 1 aliphatic heterocycles. The van der Waals surface area contributed by atoms with Gasteiger partial charge in [-0.1, -0.05) is 74.8 Å². The molecule has 186 valence electrons. The fourth-order valence-electron chi connectivity index (χ4n) is 2.39. The SMILES string of the molecule is CC.CC.CC.CCC.CCc1ccc(OC2OC(CO)C(O)C(O)C2O)c(NC)c1. The highest BCUT2D eigenvalue weighted by Crippen LogP contribution is 2.30. The molecule has 0 saturated carbocycles. The number of benzene rings is 1. The molecule has 7 heteroatoms. The smallest absolute Gasteiger partial charge is 0.229 e. The Morgan fingerprint density at radius 3 is 1.84 bits per heavy atom. The Balaban J connectivity index is -0.000000765. The predicted octanol–water partition coefficient (Wildman–Crippen LogP) is 3.96. The second-order valence-corrected chi connectivity index (χ2v) is 5.96. The van der Waals surface area contributed by atoms with Gasteiger partial charge in [-0.05, 0) is 24.1 Å². The van der Waals surface area contributed by atoms with Crippen molar-refractivity contribution in [3.05, 3.63) is 23.8 Å². The Bertz CT molecular complexity index is 513. The molecule has 0 radical (unpaired) electrons. The van der Waals surface area contributed by atoms with Gasteiger partial charge in [-0.15, -0.1) is 0 Å². The fourth-order valence-corrected chi connectivity index (χ4v) is 2.39. The lowest BCUT2D eigenvalue weighted by atomic mass is 9.99. The lowest BCUT2D eigenvalue weighted by Gasteiger charge is -2.39. The van der Waals surface area contributed by atoms with E-state index in [0.29, 0.717) is 5.75 Å². The zero-order valence-corrected chi connectivity index (χ0v) is 21.3. The second-order valence-electron chi connectivity index (χ2n) is 5.96. The van der Waals surface area contributed by atoms with Gasteiger partial charge < -0.3 is 35.2 Å². The van der Waals surface area contributed by atoms with Gasteiger partial charge in [-0.2, -0.15) is 0 Å². The molecular formula is C24H49NO6. The number of rotatable bonds is 5. The summed E-state index contributed by atoms with van der Waals surface area (Å²) in [6.07, 6.45) is -4.33. The quantitative estimate of drug-likeness (QED) is 0.464. The number of aliphatic hydroxyl groups excluding tert-OH is 4. The Morgan fingerprint density at radius 2 is 1.42 bits per heavy atom. The van der Waals surface area contributed by atoms with E-state index in [1.807, 2.05) is 60.6 Å². The van der Waals surface area contributed by atoms with Crippen molar-refractivity contribution in [3.8, 4) is 5.75 Å². The summed E-state index contributed by atoms with van der Waals surface area (Å²) in [7, 11) is 1.74. The summed E-state index contributed by atoms with van der Waals surface area (Å²) in [4.78, 5) is 0. The minimum absolute atomic E-state index is 0.448. The van der Waals surface area contributed by atoms with Gasteiger partial charge in [0.05, 0.1) is 12.3 Å². The normalized spacial score (nSPS) is 23.7. The largest absolute Gasteiger partial charge is 0.460 e. The Labute approximate surface area is 190 Å². The van der Waals surface area contributed by atoms with Gasteiger partial charge in [-0.25, -0.2) is 0 Å². The number of aryl methyl sites for hydroxylation is 1. The number of hydrogen-bond donors (Lipinski definition) is 5. The summed E-state index contributed by atoms with van der Waals surface area (Å²) in [5, 5.41) is 41.7. The minimum Gasteiger partial charge on any atom is -0.460 e. The molecule has 5 unspecified atom stereocenters. The van der Waals surface area contributed by atoms with E-state index in [0.717, 1.165) is 17.7 Å². The van der Waals surface area contributed by atoms with Crippen LogP contribution in [0.3, 0.4) is 0 Å². The highest BCUT2D eigenvalue weighted by molar-refractivity contribution is 5.57. The molecule has 5 atom stereocenters. The maximum Gasteiger partial charge on any atom is 0.229 e. The lowest BCUT2D eigenvalue weighted by Crippen LogP contribution is -2.60. The molecule has 1 saturated heterocycles. The van der Waals surface area contributed by atoms with Crippen LogP contribution in [0, 0.1) is 0 Å². The highest BCUT2D eigenvalue weighted by Gasteiger charge is 2.44. The second kappa shape index (κ2) is 21.8. The van der Waals surface area contributed by atoms with E-state index >= 15 is 0 Å². The van der Waals surface area contributed by atoms with Crippen LogP contribution in [-0.2, 0) is 11.2 Å². The molecule has 1 aromatic carbocycles. The molecule has 1 fully saturated rings. The number of ether oxygens (including phenoxy) is 2. The van der Waals surface area contributed by atoms with Crippen molar-refractivity contribution in [1.82, 2.24) is 0 Å². The molecule has 0 spiro atoms. The van der Waals surface area contributed by atoms with Gasteiger partial charge in [0.15, 0.2) is 0 Å². The average Bonchev–Trinajstić information content (AvgIpc) is 2.83. The van der Waals surface area contributed by atoms with Crippen LogP contribution in [0.15, 0.2) is 18.2 Å². The van der Waals surface area contributed by atoms with E-state index in [9.17, 15) is 20.4 Å². The van der Waals surface area contributed by atoms with Gasteiger partial charge >= 0.3 is 0 Å². The maximum absolute atomic E-state index is 9.98. The third-order valence-electron chi connectivity index (χ3n) is 3.81. The first kappa shape index (κ1) is 34.2. The zero-order valence-electron chi connectivity index (χ0n) is 21.3. The van der Waals surface area contributed by atoms with E-state index < -0.39 is 37.3 Å². The first-order valence-corrected chi connectivity index (χ1v) is 11.7. The molecule has 2 rings (SSSR count). The molecule has 0 aromatic heterocycles. The van der Waals surface area contributed by atoms with Crippen molar-refractivity contribution in [2.75, 3.05) is 19.0 Å². The fraction of sp³-hybridized carbons (Fsp3) is 0.750. The van der Waals surface area contributed by atoms with Crippen molar-refractivity contribution in [1.29, 1.82) is 0 Å². The molecule has 0 bridgehead atoms. The van der Waals surface area contributed by atoms with Crippen molar-refractivity contribution < 1.29 is 29.9 Å². The number of hydrogen-bond acceptors (Lipinski definition) is 7. The third-order valence-corrected chi connectivity index (χ3v) is 3.81. The maximum atomic E-state index is 9.98. The Morgan fingerprint density at radius 1 is 0.903 bits per heavy atom. The van der Waals surface area contributed by atoms with Crippen LogP contribution >= 0.6 is 0 Å². The van der Waals surface area contributed by atoms with Gasteiger partial charge in [-0.3, -0.25) is 0 Å².